The van der Waals surface area contributed by atoms with E-state index in [1.807, 2.05) is 4.90 Å². The third kappa shape index (κ3) is 8.19. The standard InChI is InChI=1S/C20H27F3N4O3.HI/c1-26(2)17(28)13-25-19(27-9-7-15(8-10-27)18(29)30-3)24-12-14-5-4-6-16(11-14)20(21,22)23;/h4-6,11,15H,7-10,12-13H2,1-3H3,(H,24,25);1H. The van der Waals surface area contributed by atoms with Crippen LogP contribution in [-0.2, 0) is 27.0 Å². The molecule has 1 aliphatic heterocycles. The van der Waals surface area contributed by atoms with Gasteiger partial charge in [-0.25, -0.2) is 4.99 Å². The second-order valence-electron chi connectivity index (χ2n) is 7.26. The van der Waals surface area contributed by atoms with Crippen molar-refractivity contribution in [3.63, 3.8) is 0 Å². The van der Waals surface area contributed by atoms with Crippen LogP contribution in [0.4, 0.5) is 13.2 Å². The molecule has 1 heterocycles. The molecule has 1 fully saturated rings. The number of methoxy groups -OCH3 is 1. The molecular formula is C20H28F3IN4O3. The Morgan fingerprint density at radius 3 is 2.45 bits per heavy atom. The monoisotopic (exact) mass is 556 g/mol. The number of carbonyl (C=O) groups is 2. The number of piperidine rings is 1. The Hall–Kier alpha value is -2.05. The van der Waals surface area contributed by atoms with Gasteiger partial charge in [-0.1, -0.05) is 12.1 Å². The zero-order chi connectivity index (χ0) is 22.3. The van der Waals surface area contributed by atoms with Crippen molar-refractivity contribution in [3.8, 4) is 0 Å². The highest BCUT2D eigenvalue weighted by atomic mass is 127. The van der Waals surface area contributed by atoms with Crippen molar-refractivity contribution in [2.75, 3.05) is 40.8 Å². The number of hydrogen-bond acceptors (Lipinski definition) is 4. The molecule has 0 atom stereocenters. The number of ether oxygens (including phenoxy) is 1. The van der Waals surface area contributed by atoms with Gasteiger partial charge in [-0.15, -0.1) is 24.0 Å². The van der Waals surface area contributed by atoms with E-state index >= 15 is 0 Å². The zero-order valence-electron chi connectivity index (χ0n) is 17.7. The average Bonchev–Trinajstić information content (AvgIpc) is 2.72. The van der Waals surface area contributed by atoms with Crippen molar-refractivity contribution in [1.82, 2.24) is 15.1 Å². The zero-order valence-corrected chi connectivity index (χ0v) is 20.1. The van der Waals surface area contributed by atoms with E-state index < -0.39 is 11.7 Å². The molecule has 174 valence electrons. The Balaban J connectivity index is 0.00000480. The van der Waals surface area contributed by atoms with Gasteiger partial charge in [0.05, 0.1) is 31.7 Å². The molecule has 7 nitrogen and oxygen atoms in total. The molecule has 1 amide bonds. The summed E-state index contributed by atoms with van der Waals surface area (Å²) in [5.74, 6) is -0.190. The molecule has 0 bridgehead atoms. The lowest BCUT2D eigenvalue weighted by atomic mass is 9.97. The number of guanidine groups is 1. The fourth-order valence-electron chi connectivity index (χ4n) is 3.09. The number of hydrogen-bond donors (Lipinski definition) is 1. The number of alkyl halides is 3. The maximum absolute atomic E-state index is 12.9. The molecule has 11 heteroatoms. The van der Waals surface area contributed by atoms with E-state index in [1.165, 1.54) is 18.1 Å². The predicted molar refractivity (Wildman–Crippen MR) is 121 cm³/mol. The predicted octanol–water partition coefficient (Wildman–Crippen LogP) is 2.74. The number of likely N-dealkylation sites (N-methyl/N-ethyl adjacent to an activating group) is 1. The van der Waals surface area contributed by atoms with E-state index in [1.54, 1.807) is 20.2 Å². The molecule has 1 aliphatic rings. The number of likely N-dealkylation sites (tertiary alicyclic amines) is 1. The van der Waals surface area contributed by atoms with Crippen LogP contribution in [0.5, 0.6) is 0 Å². The number of nitrogens with one attached hydrogen (secondary N) is 1. The van der Waals surface area contributed by atoms with Crippen LogP contribution in [0.25, 0.3) is 0 Å². The maximum atomic E-state index is 12.9. The molecule has 0 aromatic heterocycles. The van der Waals surface area contributed by atoms with E-state index in [-0.39, 0.29) is 54.9 Å². The van der Waals surface area contributed by atoms with Crippen LogP contribution in [0.2, 0.25) is 0 Å². The van der Waals surface area contributed by atoms with Gasteiger partial charge in [-0.05, 0) is 30.5 Å². The van der Waals surface area contributed by atoms with Gasteiger partial charge < -0.3 is 19.9 Å². The van der Waals surface area contributed by atoms with Gasteiger partial charge >= 0.3 is 12.1 Å². The Morgan fingerprint density at radius 1 is 1.26 bits per heavy atom. The summed E-state index contributed by atoms with van der Waals surface area (Å²) in [6.07, 6.45) is -3.29. The maximum Gasteiger partial charge on any atom is 0.416 e. The summed E-state index contributed by atoms with van der Waals surface area (Å²) in [5, 5.41) is 2.99. The SMILES string of the molecule is COC(=O)C1CCN(C(=NCc2cccc(C(F)(F)F)c2)NCC(=O)N(C)C)CC1.I. The molecule has 31 heavy (non-hydrogen) atoms. The van der Waals surface area contributed by atoms with Gasteiger partial charge in [0.1, 0.15) is 0 Å². The minimum absolute atomic E-state index is 0. The lowest BCUT2D eigenvalue weighted by Gasteiger charge is -2.33. The summed E-state index contributed by atoms with van der Waals surface area (Å²) in [6, 6.07) is 5.00. The van der Waals surface area contributed by atoms with Gasteiger partial charge in [0.2, 0.25) is 5.91 Å². The van der Waals surface area contributed by atoms with Crippen molar-refractivity contribution < 1.29 is 27.5 Å². The van der Waals surface area contributed by atoms with Crippen LogP contribution in [0.3, 0.4) is 0 Å². The average molecular weight is 556 g/mol. The summed E-state index contributed by atoms with van der Waals surface area (Å²) in [4.78, 5) is 31.4. The van der Waals surface area contributed by atoms with E-state index in [0.717, 1.165) is 12.1 Å². The molecule has 2 rings (SSSR count). The first-order valence-electron chi connectivity index (χ1n) is 9.59. The van der Waals surface area contributed by atoms with Gasteiger partial charge in [0, 0.05) is 27.2 Å². The van der Waals surface area contributed by atoms with Gasteiger partial charge in [-0.3, -0.25) is 9.59 Å². The van der Waals surface area contributed by atoms with Gasteiger partial charge in [0.15, 0.2) is 5.96 Å². The molecule has 0 unspecified atom stereocenters. The topological polar surface area (TPSA) is 74.2 Å². The Bertz CT molecular complexity index is 779. The Labute approximate surface area is 197 Å². The third-order valence-corrected chi connectivity index (χ3v) is 4.89. The van der Waals surface area contributed by atoms with Crippen LogP contribution >= 0.6 is 24.0 Å². The van der Waals surface area contributed by atoms with E-state index in [4.69, 9.17) is 4.74 Å². The number of rotatable bonds is 5. The quantitative estimate of drug-likeness (QED) is 0.262. The molecule has 1 aromatic carbocycles. The van der Waals surface area contributed by atoms with Crippen LogP contribution < -0.4 is 5.32 Å². The van der Waals surface area contributed by atoms with E-state index in [9.17, 15) is 22.8 Å². The lowest BCUT2D eigenvalue weighted by molar-refractivity contribution is -0.146. The summed E-state index contributed by atoms with van der Waals surface area (Å²) in [5.41, 5.74) is -0.320. The number of carbonyl (C=O) groups excluding carboxylic acids is 2. The molecule has 1 N–H and O–H groups in total. The largest absolute Gasteiger partial charge is 0.469 e. The fourth-order valence-corrected chi connectivity index (χ4v) is 3.09. The van der Waals surface area contributed by atoms with E-state index in [0.29, 0.717) is 37.5 Å². The third-order valence-electron chi connectivity index (χ3n) is 4.89. The molecule has 1 saturated heterocycles. The number of esters is 1. The summed E-state index contributed by atoms with van der Waals surface area (Å²) in [6.45, 7) is 1.07. The summed E-state index contributed by atoms with van der Waals surface area (Å²) in [7, 11) is 4.61. The summed E-state index contributed by atoms with van der Waals surface area (Å²) < 4.78 is 43.6. The van der Waals surface area contributed by atoms with Crippen LogP contribution in [-0.4, -0.2) is 68.5 Å². The van der Waals surface area contributed by atoms with Crippen LogP contribution in [0.1, 0.15) is 24.0 Å². The lowest BCUT2D eigenvalue weighted by Crippen LogP contribution is -2.49. The minimum atomic E-state index is -4.42. The number of aliphatic imine (C=N–C) groups is 1. The molecule has 0 saturated carbocycles. The molecule has 0 aliphatic carbocycles. The number of nitrogens with zero attached hydrogens (tertiary/aromatic N) is 3. The van der Waals surface area contributed by atoms with Crippen molar-refractivity contribution in [3.05, 3.63) is 35.4 Å². The smallest absolute Gasteiger partial charge is 0.416 e. The Kier molecular flexibility index (Phi) is 10.5. The number of halogens is 4. The summed E-state index contributed by atoms with van der Waals surface area (Å²) >= 11 is 0. The first kappa shape index (κ1) is 27.0. The molecule has 1 aromatic rings. The van der Waals surface area contributed by atoms with Crippen molar-refractivity contribution >= 4 is 41.8 Å². The fraction of sp³-hybridized carbons (Fsp3) is 0.550. The number of benzene rings is 1. The highest BCUT2D eigenvalue weighted by molar-refractivity contribution is 14.0. The first-order valence-corrected chi connectivity index (χ1v) is 9.59. The first-order chi connectivity index (χ1) is 14.1. The highest BCUT2D eigenvalue weighted by Crippen LogP contribution is 2.29. The highest BCUT2D eigenvalue weighted by Gasteiger charge is 2.30. The second-order valence-corrected chi connectivity index (χ2v) is 7.26. The van der Waals surface area contributed by atoms with E-state index in [2.05, 4.69) is 10.3 Å². The Morgan fingerprint density at radius 2 is 1.90 bits per heavy atom. The minimum Gasteiger partial charge on any atom is -0.469 e. The molecule has 0 radical (unpaired) electrons. The molecule has 0 spiro atoms. The van der Waals surface area contributed by atoms with Crippen LogP contribution in [0.15, 0.2) is 29.3 Å². The second kappa shape index (κ2) is 12.1. The number of amides is 1. The van der Waals surface area contributed by atoms with Gasteiger partial charge in [0.25, 0.3) is 0 Å². The van der Waals surface area contributed by atoms with Gasteiger partial charge in [-0.2, -0.15) is 13.2 Å². The van der Waals surface area contributed by atoms with Crippen molar-refractivity contribution in [2.24, 2.45) is 10.9 Å². The molecular weight excluding hydrogens is 528 g/mol. The van der Waals surface area contributed by atoms with Crippen molar-refractivity contribution in [1.29, 1.82) is 0 Å². The normalized spacial score (nSPS) is 15.2. The van der Waals surface area contributed by atoms with Crippen molar-refractivity contribution in [2.45, 2.75) is 25.6 Å². The van der Waals surface area contributed by atoms with Crippen LogP contribution in [0, 0.1) is 5.92 Å².